The van der Waals surface area contributed by atoms with E-state index in [4.69, 9.17) is 0 Å². The third kappa shape index (κ3) is 2.69. The van der Waals surface area contributed by atoms with Crippen molar-refractivity contribution in [2.75, 3.05) is 13.1 Å². The molecule has 0 spiro atoms. The molecule has 2 heteroatoms. The maximum Gasteiger partial charge on any atom is 0.120 e. The van der Waals surface area contributed by atoms with Gasteiger partial charge in [-0.05, 0) is 55.5 Å². The number of phenolic OH excluding ortho intramolecular Hbond substituents is 1. The van der Waals surface area contributed by atoms with Gasteiger partial charge in [0.2, 0.25) is 0 Å². The zero-order valence-corrected chi connectivity index (χ0v) is 12.1. The van der Waals surface area contributed by atoms with Crippen LogP contribution in [0.2, 0.25) is 0 Å². The Labute approximate surface area is 111 Å². The molecule has 0 atom stereocenters. The molecule has 1 aromatic rings. The lowest BCUT2D eigenvalue weighted by Gasteiger charge is -2.25. The van der Waals surface area contributed by atoms with Crippen LogP contribution in [-0.4, -0.2) is 23.1 Å². The van der Waals surface area contributed by atoms with Crippen LogP contribution in [0, 0.1) is 6.92 Å². The first-order chi connectivity index (χ1) is 8.39. The van der Waals surface area contributed by atoms with E-state index in [9.17, 15) is 5.11 Å². The van der Waals surface area contributed by atoms with Crippen LogP contribution in [0.5, 0.6) is 5.75 Å². The Morgan fingerprint density at radius 3 is 2.33 bits per heavy atom. The lowest BCUT2D eigenvalue weighted by atomic mass is 9.82. The minimum Gasteiger partial charge on any atom is -0.508 e. The summed E-state index contributed by atoms with van der Waals surface area (Å²) in [5.41, 5.74) is 3.85. The quantitative estimate of drug-likeness (QED) is 0.863. The largest absolute Gasteiger partial charge is 0.508 e. The number of hydrogen-bond acceptors (Lipinski definition) is 2. The summed E-state index contributed by atoms with van der Waals surface area (Å²) in [5, 5.41) is 10.1. The van der Waals surface area contributed by atoms with E-state index < -0.39 is 0 Å². The molecular formula is C16H25NO. The average Bonchev–Trinajstić information content (AvgIpc) is 2.74. The van der Waals surface area contributed by atoms with Crippen LogP contribution < -0.4 is 0 Å². The maximum atomic E-state index is 10.1. The third-order valence-electron chi connectivity index (χ3n) is 3.96. The second kappa shape index (κ2) is 4.93. The van der Waals surface area contributed by atoms with E-state index in [1.54, 1.807) is 0 Å². The molecule has 2 nitrogen and oxygen atoms in total. The SMILES string of the molecule is Cc1c(C(C)(C)C)ccc(O)c1CN1CCCC1. The fourth-order valence-electron chi connectivity index (χ4n) is 2.92. The summed E-state index contributed by atoms with van der Waals surface area (Å²) in [4.78, 5) is 2.44. The first-order valence-corrected chi connectivity index (χ1v) is 6.94. The van der Waals surface area contributed by atoms with Crippen molar-refractivity contribution in [3.05, 3.63) is 28.8 Å². The molecule has 0 aliphatic carbocycles. The Morgan fingerprint density at radius 1 is 1.17 bits per heavy atom. The number of nitrogens with zero attached hydrogens (tertiary/aromatic N) is 1. The summed E-state index contributed by atoms with van der Waals surface area (Å²) in [5.74, 6) is 0.451. The summed E-state index contributed by atoms with van der Waals surface area (Å²) in [6.45, 7) is 12.1. The van der Waals surface area contributed by atoms with Crippen molar-refractivity contribution >= 4 is 0 Å². The maximum absolute atomic E-state index is 10.1. The minimum atomic E-state index is 0.136. The van der Waals surface area contributed by atoms with E-state index in [0.717, 1.165) is 12.1 Å². The van der Waals surface area contributed by atoms with E-state index in [-0.39, 0.29) is 5.41 Å². The molecule has 1 fully saturated rings. The number of phenols is 1. The molecule has 0 radical (unpaired) electrons. The van der Waals surface area contributed by atoms with Gasteiger partial charge in [-0.25, -0.2) is 0 Å². The van der Waals surface area contributed by atoms with Gasteiger partial charge in [0.1, 0.15) is 5.75 Å². The van der Waals surface area contributed by atoms with Crippen LogP contribution in [0.1, 0.15) is 50.3 Å². The van der Waals surface area contributed by atoms with Crippen LogP contribution in [0.4, 0.5) is 0 Å². The molecule has 0 aromatic heterocycles. The molecule has 0 amide bonds. The molecule has 1 saturated heterocycles. The van der Waals surface area contributed by atoms with Gasteiger partial charge in [0.25, 0.3) is 0 Å². The lowest BCUT2D eigenvalue weighted by Crippen LogP contribution is -2.21. The van der Waals surface area contributed by atoms with Crippen molar-refractivity contribution in [1.82, 2.24) is 4.90 Å². The highest BCUT2D eigenvalue weighted by Gasteiger charge is 2.21. The monoisotopic (exact) mass is 247 g/mol. The van der Waals surface area contributed by atoms with Gasteiger partial charge in [-0.3, -0.25) is 4.90 Å². The Kier molecular flexibility index (Phi) is 3.67. The van der Waals surface area contributed by atoms with Crippen molar-refractivity contribution in [3.63, 3.8) is 0 Å². The van der Waals surface area contributed by atoms with Gasteiger partial charge in [-0.1, -0.05) is 26.8 Å². The molecule has 2 rings (SSSR count). The first-order valence-electron chi connectivity index (χ1n) is 6.94. The molecule has 1 aliphatic heterocycles. The highest BCUT2D eigenvalue weighted by Crippen LogP contribution is 2.33. The Morgan fingerprint density at radius 2 is 1.78 bits per heavy atom. The predicted molar refractivity (Wildman–Crippen MR) is 76.1 cm³/mol. The molecular weight excluding hydrogens is 222 g/mol. The molecule has 0 bridgehead atoms. The fraction of sp³-hybridized carbons (Fsp3) is 0.625. The summed E-state index contributed by atoms with van der Waals surface area (Å²) < 4.78 is 0. The number of rotatable bonds is 2. The summed E-state index contributed by atoms with van der Waals surface area (Å²) in [6.07, 6.45) is 2.58. The van der Waals surface area contributed by atoms with Crippen molar-refractivity contribution in [1.29, 1.82) is 0 Å². The predicted octanol–water partition coefficient (Wildman–Crippen LogP) is 3.59. The Bertz CT molecular complexity index is 425. The summed E-state index contributed by atoms with van der Waals surface area (Å²) >= 11 is 0. The summed E-state index contributed by atoms with van der Waals surface area (Å²) in [6, 6.07) is 3.93. The molecule has 1 N–H and O–H groups in total. The van der Waals surface area contributed by atoms with E-state index in [0.29, 0.717) is 5.75 Å². The number of aromatic hydroxyl groups is 1. The Balaban J connectivity index is 2.33. The molecule has 0 saturated carbocycles. The molecule has 100 valence electrons. The average molecular weight is 247 g/mol. The normalized spacial score (nSPS) is 17.3. The Hall–Kier alpha value is -1.02. The number of benzene rings is 1. The van der Waals surface area contributed by atoms with Crippen molar-refractivity contribution < 1.29 is 5.11 Å². The van der Waals surface area contributed by atoms with E-state index in [1.807, 2.05) is 6.07 Å². The topological polar surface area (TPSA) is 23.5 Å². The second-order valence-electron chi connectivity index (χ2n) is 6.47. The molecule has 1 heterocycles. The van der Waals surface area contributed by atoms with E-state index in [2.05, 4.69) is 38.7 Å². The molecule has 18 heavy (non-hydrogen) atoms. The molecule has 0 unspecified atom stereocenters. The zero-order valence-electron chi connectivity index (χ0n) is 12.1. The van der Waals surface area contributed by atoms with Crippen LogP contribution >= 0.6 is 0 Å². The fourth-order valence-corrected chi connectivity index (χ4v) is 2.92. The van der Waals surface area contributed by atoms with Crippen molar-refractivity contribution in [2.24, 2.45) is 0 Å². The smallest absolute Gasteiger partial charge is 0.120 e. The summed E-state index contributed by atoms with van der Waals surface area (Å²) in [7, 11) is 0. The van der Waals surface area contributed by atoms with E-state index in [1.165, 1.54) is 37.1 Å². The van der Waals surface area contributed by atoms with Crippen LogP contribution in [0.3, 0.4) is 0 Å². The molecule has 1 aliphatic rings. The van der Waals surface area contributed by atoms with Gasteiger partial charge in [-0.2, -0.15) is 0 Å². The third-order valence-corrected chi connectivity index (χ3v) is 3.96. The van der Waals surface area contributed by atoms with Gasteiger partial charge in [0, 0.05) is 12.1 Å². The van der Waals surface area contributed by atoms with Gasteiger partial charge >= 0.3 is 0 Å². The van der Waals surface area contributed by atoms with Crippen LogP contribution in [0.25, 0.3) is 0 Å². The lowest BCUT2D eigenvalue weighted by molar-refractivity contribution is 0.322. The highest BCUT2D eigenvalue weighted by molar-refractivity contribution is 5.46. The van der Waals surface area contributed by atoms with Gasteiger partial charge in [0.05, 0.1) is 0 Å². The van der Waals surface area contributed by atoms with Crippen molar-refractivity contribution in [3.8, 4) is 5.75 Å². The van der Waals surface area contributed by atoms with E-state index >= 15 is 0 Å². The zero-order chi connectivity index (χ0) is 13.3. The minimum absolute atomic E-state index is 0.136. The number of likely N-dealkylation sites (tertiary alicyclic amines) is 1. The van der Waals surface area contributed by atoms with Gasteiger partial charge in [-0.15, -0.1) is 0 Å². The van der Waals surface area contributed by atoms with Crippen molar-refractivity contribution in [2.45, 2.75) is 52.5 Å². The molecule has 1 aromatic carbocycles. The van der Waals surface area contributed by atoms with Crippen LogP contribution in [0.15, 0.2) is 12.1 Å². The van der Waals surface area contributed by atoms with Gasteiger partial charge in [0.15, 0.2) is 0 Å². The standard InChI is InChI=1S/C16H25NO/c1-12-13(11-17-9-5-6-10-17)15(18)8-7-14(12)16(2,3)4/h7-8,18H,5-6,9-11H2,1-4H3. The van der Waals surface area contributed by atoms with Gasteiger partial charge < -0.3 is 5.11 Å². The van der Waals surface area contributed by atoms with Crippen LogP contribution in [-0.2, 0) is 12.0 Å². The first kappa shape index (κ1) is 13.4. The number of hydrogen-bond donors (Lipinski definition) is 1. The second-order valence-corrected chi connectivity index (χ2v) is 6.47. The highest BCUT2D eigenvalue weighted by atomic mass is 16.3.